The van der Waals surface area contributed by atoms with Gasteiger partial charge in [-0.25, -0.2) is 0 Å². The Morgan fingerprint density at radius 2 is 2.22 bits per heavy atom. The van der Waals surface area contributed by atoms with Gasteiger partial charge in [-0.05, 0) is 36.4 Å². The zero-order valence-electron chi connectivity index (χ0n) is 10.0. The summed E-state index contributed by atoms with van der Waals surface area (Å²) < 4.78 is 5.34. The van der Waals surface area contributed by atoms with Crippen molar-refractivity contribution in [3.05, 3.63) is 46.5 Å². The molecule has 2 aromatic heterocycles. The van der Waals surface area contributed by atoms with Crippen molar-refractivity contribution in [2.75, 3.05) is 0 Å². The van der Waals surface area contributed by atoms with Crippen LogP contribution >= 0.6 is 11.3 Å². The van der Waals surface area contributed by atoms with Crippen molar-refractivity contribution < 1.29 is 9.21 Å². The number of carbonyl (C=O) groups is 1. The van der Waals surface area contributed by atoms with Crippen LogP contribution in [0.25, 0.3) is 0 Å². The number of hydrogen-bond acceptors (Lipinski definition) is 3. The Kier molecular flexibility index (Phi) is 3.19. The number of nitrogens with zero attached hydrogens (tertiary/aromatic N) is 1. The summed E-state index contributed by atoms with van der Waals surface area (Å²) in [5, 5.41) is 2.04. The lowest BCUT2D eigenvalue weighted by Crippen LogP contribution is -2.30. The first-order chi connectivity index (χ1) is 8.83. The fraction of sp³-hybridized carbons (Fsp3) is 0.357. The predicted molar refractivity (Wildman–Crippen MR) is 70.0 cm³/mol. The first-order valence-corrected chi connectivity index (χ1v) is 7.04. The van der Waals surface area contributed by atoms with Crippen LogP contribution in [-0.4, -0.2) is 10.8 Å². The molecule has 0 N–H and O–H groups in total. The fourth-order valence-corrected chi connectivity index (χ4v) is 2.70. The van der Waals surface area contributed by atoms with Gasteiger partial charge >= 0.3 is 0 Å². The smallest absolute Gasteiger partial charge is 0.226 e. The lowest BCUT2D eigenvalue weighted by molar-refractivity contribution is -0.134. The van der Waals surface area contributed by atoms with Crippen molar-refractivity contribution in [3.63, 3.8) is 0 Å². The van der Waals surface area contributed by atoms with Crippen LogP contribution in [0.2, 0.25) is 0 Å². The van der Waals surface area contributed by atoms with Crippen molar-refractivity contribution in [1.29, 1.82) is 0 Å². The van der Waals surface area contributed by atoms with Crippen LogP contribution in [0, 0.1) is 5.92 Å². The van der Waals surface area contributed by atoms with Gasteiger partial charge in [-0.2, -0.15) is 0 Å². The van der Waals surface area contributed by atoms with Gasteiger partial charge < -0.3 is 9.32 Å². The molecular formula is C14H15NO2S. The van der Waals surface area contributed by atoms with E-state index < -0.39 is 0 Å². The lowest BCUT2D eigenvalue weighted by Gasteiger charge is -2.21. The van der Waals surface area contributed by atoms with Crippen LogP contribution in [0.4, 0.5) is 0 Å². The highest BCUT2D eigenvalue weighted by Crippen LogP contribution is 2.32. The molecule has 4 heteroatoms. The molecule has 0 saturated heterocycles. The molecule has 94 valence electrons. The molecule has 1 aliphatic rings. The summed E-state index contributed by atoms with van der Waals surface area (Å²) >= 11 is 1.69. The Balaban J connectivity index is 1.72. The molecule has 2 aromatic rings. The van der Waals surface area contributed by atoms with E-state index in [0.717, 1.165) is 18.6 Å². The molecule has 0 atom stereocenters. The molecule has 3 nitrogen and oxygen atoms in total. The molecule has 1 fully saturated rings. The average Bonchev–Trinajstić information content (AvgIpc) is 2.88. The van der Waals surface area contributed by atoms with E-state index in [1.807, 2.05) is 28.5 Å². The normalized spacial score (nSPS) is 14.7. The second-order valence-electron chi connectivity index (χ2n) is 4.63. The van der Waals surface area contributed by atoms with Gasteiger partial charge in [-0.1, -0.05) is 6.07 Å². The average molecular weight is 261 g/mol. The number of hydrogen-bond donors (Lipinski definition) is 0. The van der Waals surface area contributed by atoms with Gasteiger partial charge in [0.1, 0.15) is 5.76 Å². The SMILES string of the molecule is O=C(C1CC1)N(Cc1ccco1)Cc1cccs1. The van der Waals surface area contributed by atoms with E-state index in [2.05, 4.69) is 6.07 Å². The summed E-state index contributed by atoms with van der Waals surface area (Å²) in [5.41, 5.74) is 0. The Hall–Kier alpha value is -1.55. The monoisotopic (exact) mass is 261 g/mol. The number of amides is 1. The number of rotatable bonds is 5. The minimum Gasteiger partial charge on any atom is -0.467 e. The van der Waals surface area contributed by atoms with Crippen molar-refractivity contribution in [2.45, 2.75) is 25.9 Å². The zero-order chi connectivity index (χ0) is 12.4. The fourth-order valence-electron chi connectivity index (χ4n) is 1.98. The van der Waals surface area contributed by atoms with Gasteiger partial charge in [-0.3, -0.25) is 4.79 Å². The van der Waals surface area contributed by atoms with Crippen LogP contribution in [0.3, 0.4) is 0 Å². The topological polar surface area (TPSA) is 33.5 Å². The van der Waals surface area contributed by atoms with E-state index in [0.29, 0.717) is 13.1 Å². The Morgan fingerprint density at radius 1 is 1.33 bits per heavy atom. The second kappa shape index (κ2) is 4.98. The number of thiophene rings is 1. The van der Waals surface area contributed by atoms with Gasteiger partial charge in [-0.15, -0.1) is 11.3 Å². The Bertz CT molecular complexity index is 464. The molecule has 1 amide bonds. The molecule has 0 bridgehead atoms. The highest BCUT2D eigenvalue weighted by atomic mass is 32.1. The largest absolute Gasteiger partial charge is 0.467 e. The molecule has 0 unspecified atom stereocenters. The highest BCUT2D eigenvalue weighted by Gasteiger charge is 2.33. The van der Waals surface area contributed by atoms with E-state index in [9.17, 15) is 4.79 Å². The van der Waals surface area contributed by atoms with Gasteiger partial charge in [0.05, 0.1) is 19.4 Å². The Morgan fingerprint density at radius 3 is 2.83 bits per heavy atom. The summed E-state index contributed by atoms with van der Waals surface area (Å²) in [6, 6.07) is 7.87. The quantitative estimate of drug-likeness (QED) is 0.827. The molecule has 1 saturated carbocycles. The standard InChI is InChI=1S/C14H15NO2S/c16-14(11-5-6-11)15(9-12-3-1-7-17-12)10-13-4-2-8-18-13/h1-4,7-8,11H,5-6,9-10H2. The number of furan rings is 1. The van der Waals surface area contributed by atoms with Crippen molar-refractivity contribution in [2.24, 2.45) is 5.92 Å². The third-order valence-corrected chi connectivity index (χ3v) is 3.95. The van der Waals surface area contributed by atoms with Crippen LogP contribution in [0.15, 0.2) is 40.3 Å². The van der Waals surface area contributed by atoms with Crippen LogP contribution < -0.4 is 0 Å². The van der Waals surface area contributed by atoms with E-state index in [-0.39, 0.29) is 11.8 Å². The summed E-state index contributed by atoms with van der Waals surface area (Å²) in [4.78, 5) is 15.4. The third kappa shape index (κ3) is 2.64. The van der Waals surface area contributed by atoms with Crippen molar-refractivity contribution in [1.82, 2.24) is 4.90 Å². The zero-order valence-corrected chi connectivity index (χ0v) is 10.9. The van der Waals surface area contributed by atoms with E-state index >= 15 is 0 Å². The molecule has 18 heavy (non-hydrogen) atoms. The minimum absolute atomic E-state index is 0.250. The van der Waals surface area contributed by atoms with E-state index in [1.54, 1.807) is 17.6 Å². The summed E-state index contributed by atoms with van der Waals surface area (Å²) in [6.45, 7) is 1.26. The maximum atomic E-state index is 12.2. The molecule has 0 aliphatic heterocycles. The van der Waals surface area contributed by atoms with E-state index in [1.165, 1.54) is 4.88 Å². The molecule has 0 radical (unpaired) electrons. The second-order valence-corrected chi connectivity index (χ2v) is 5.66. The van der Waals surface area contributed by atoms with Crippen molar-refractivity contribution in [3.8, 4) is 0 Å². The van der Waals surface area contributed by atoms with Crippen LogP contribution in [-0.2, 0) is 17.9 Å². The first-order valence-electron chi connectivity index (χ1n) is 6.16. The molecule has 3 rings (SSSR count). The van der Waals surface area contributed by atoms with E-state index in [4.69, 9.17) is 4.42 Å². The summed E-state index contributed by atoms with van der Waals surface area (Å²) in [6.07, 6.45) is 3.73. The third-order valence-electron chi connectivity index (χ3n) is 3.09. The highest BCUT2D eigenvalue weighted by molar-refractivity contribution is 7.09. The molecule has 0 spiro atoms. The number of carbonyl (C=O) groups excluding carboxylic acids is 1. The summed E-state index contributed by atoms with van der Waals surface area (Å²) in [5.74, 6) is 1.36. The van der Waals surface area contributed by atoms with Gasteiger partial charge in [0.25, 0.3) is 0 Å². The lowest BCUT2D eigenvalue weighted by atomic mass is 10.3. The molecular weight excluding hydrogens is 246 g/mol. The Labute approximate surface area is 110 Å². The van der Waals surface area contributed by atoms with Crippen LogP contribution in [0.5, 0.6) is 0 Å². The van der Waals surface area contributed by atoms with Gasteiger partial charge in [0, 0.05) is 10.8 Å². The van der Waals surface area contributed by atoms with Crippen molar-refractivity contribution >= 4 is 17.2 Å². The predicted octanol–water partition coefficient (Wildman–Crippen LogP) is 3.28. The van der Waals surface area contributed by atoms with Gasteiger partial charge in [0.2, 0.25) is 5.91 Å². The molecule has 0 aromatic carbocycles. The first kappa shape index (κ1) is 11.5. The summed E-state index contributed by atoms with van der Waals surface area (Å²) in [7, 11) is 0. The van der Waals surface area contributed by atoms with Crippen LogP contribution in [0.1, 0.15) is 23.5 Å². The maximum absolute atomic E-state index is 12.2. The molecule has 2 heterocycles. The minimum atomic E-state index is 0.250. The molecule has 1 aliphatic carbocycles. The maximum Gasteiger partial charge on any atom is 0.226 e. The van der Waals surface area contributed by atoms with Gasteiger partial charge in [0.15, 0.2) is 0 Å².